The first kappa shape index (κ1) is 17.4. The Hall–Kier alpha value is -1.91. The summed E-state index contributed by atoms with van der Waals surface area (Å²) in [5.74, 6) is 1.06. The summed E-state index contributed by atoms with van der Waals surface area (Å²) >= 11 is 0. The minimum Gasteiger partial charge on any atom is -0.356 e. The van der Waals surface area contributed by atoms with Crippen LogP contribution in [0.25, 0.3) is 0 Å². The molecule has 23 heavy (non-hydrogen) atoms. The lowest BCUT2D eigenvalue weighted by Gasteiger charge is -2.34. The Morgan fingerprint density at radius 2 is 2.00 bits per heavy atom. The lowest BCUT2D eigenvalue weighted by Crippen LogP contribution is -2.36. The largest absolute Gasteiger partial charge is 0.356 e. The van der Waals surface area contributed by atoms with Crippen LogP contribution < -0.4 is 10.6 Å². The van der Waals surface area contributed by atoms with Gasteiger partial charge in [0.1, 0.15) is 0 Å². The molecule has 0 bridgehead atoms. The number of amides is 2. The van der Waals surface area contributed by atoms with E-state index >= 15 is 0 Å². The highest BCUT2D eigenvalue weighted by Gasteiger charge is 2.29. The molecule has 0 radical (unpaired) electrons. The molecule has 0 spiro atoms. The van der Waals surface area contributed by atoms with Gasteiger partial charge in [0.25, 0.3) is 0 Å². The third-order valence-electron chi connectivity index (χ3n) is 4.64. The molecular weight excluding hydrogens is 290 g/mol. The number of nitrogens with one attached hydrogen (secondary N) is 2. The zero-order valence-corrected chi connectivity index (χ0v) is 14.0. The third-order valence-corrected chi connectivity index (χ3v) is 4.64. The standard InChI is InChI=1S/C18H27N3O2/c1-3-17(23)20-12-14-7-9-15(10-8-14)18(21-13(2)22)16-6-4-5-11-19-16/h4-6,11,14-15,18H,3,7-10,12H2,1-2H3,(H,20,23)(H,21,22)/t14?,15?,18-/m1/s1. The number of carbonyl (C=O) groups excluding carboxylic acids is 2. The van der Waals surface area contributed by atoms with E-state index in [1.54, 1.807) is 13.1 Å². The summed E-state index contributed by atoms with van der Waals surface area (Å²) in [4.78, 5) is 27.4. The fraction of sp³-hybridized carbons (Fsp3) is 0.611. The van der Waals surface area contributed by atoms with Gasteiger partial charge >= 0.3 is 0 Å². The predicted octanol–water partition coefficient (Wildman–Crippen LogP) is 2.59. The molecule has 1 heterocycles. The molecule has 1 atom stereocenters. The Kier molecular flexibility index (Phi) is 6.56. The molecule has 126 valence electrons. The fourth-order valence-corrected chi connectivity index (χ4v) is 3.32. The number of hydrogen-bond acceptors (Lipinski definition) is 3. The van der Waals surface area contributed by atoms with E-state index < -0.39 is 0 Å². The van der Waals surface area contributed by atoms with Crippen LogP contribution in [0.5, 0.6) is 0 Å². The molecule has 1 fully saturated rings. The van der Waals surface area contributed by atoms with Gasteiger partial charge in [-0.25, -0.2) is 0 Å². The molecule has 1 aliphatic carbocycles. The second-order valence-electron chi connectivity index (χ2n) is 6.37. The Labute approximate surface area is 138 Å². The van der Waals surface area contributed by atoms with Gasteiger partial charge in [-0.1, -0.05) is 13.0 Å². The molecular formula is C18H27N3O2. The summed E-state index contributed by atoms with van der Waals surface area (Å²) in [7, 11) is 0. The Morgan fingerprint density at radius 1 is 1.26 bits per heavy atom. The molecule has 1 saturated carbocycles. The van der Waals surface area contributed by atoms with Crippen molar-refractivity contribution in [2.45, 2.75) is 52.0 Å². The van der Waals surface area contributed by atoms with Crippen LogP contribution in [-0.4, -0.2) is 23.3 Å². The molecule has 0 aromatic carbocycles. The van der Waals surface area contributed by atoms with Crippen molar-refractivity contribution in [3.05, 3.63) is 30.1 Å². The molecule has 1 aromatic rings. The van der Waals surface area contributed by atoms with Crippen molar-refractivity contribution >= 4 is 11.8 Å². The van der Waals surface area contributed by atoms with Crippen molar-refractivity contribution in [2.24, 2.45) is 11.8 Å². The number of rotatable bonds is 6. The van der Waals surface area contributed by atoms with E-state index in [-0.39, 0.29) is 17.9 Å². The van der Waals surface area contributed by atoms with Crippen molar-refractivity contribution < 1.29 is 9.59 Å². The van der Waals surface area contributed by atoms with E-state index in [0.717, 1.165) is 37.9 Å². The van der Waals surface area contributed by atoms with Crippen molar-refractivity contribution in [2.75, 3.05) is 6.54 Å². The van der Waals surface area contributed by atoms with Gasteiger partial charge in [-0.2, -0.15) is 0 Å². The van der Waals surface area contributed by atoms with E-state index in [9.17, 15) is 9.59 Å². The Bertz CT molecular complexity index is 510. The van der Waals surface area contributed by atoms with Gasteiger partial charge in [-0.05, 0) is 49.7 Å². The maximum Gasteiger partial charge on any atom is 0.219 e. The zero-order chi connectivity index (χ0) is 16.7. The normalized spacial score (nSPS) is 22.2. The smallest absolute Gasteiger partial charge is 0.219 e. The molecule has 0 saturated heterocycles. The molecule has 2 N–H and O–H groups in total. The van der Waals surface area contributed by atoms with Crippen molar-refractivity contribution in [3.63, 3.8) is 0 Å². The number of nitrogens with zero attached hydrogens (tertiary/aromatic N) is 1. The van der Waals surface area contributed by atoms with Gasteiger partial charge in [-0.15, -0.1) is 0 Å². The predicted molar refractivity (Wildman–Crippen MR) is 89.5 cm³/mol. The lowest BCUT2D eigenvalue weighted by atomic mass is 9.77. The van der Waals surface area contributed by atoms with Crippen LogP contribution in [0.2, 0.25) is 0 Å². The first-order valence-electron chi connectivity index (χ1n) is 8.54. The highest BCUT2D eigenvalue weighted by molar-refractivity contribution is 5.75. The van der Waals surface area contributed by atoms with E-state index in [4.69, 9.17) is 0 Å². The highest BCUT2D eigenvalue weighted by Crippen LogP contribution is 2.36. The van der Waals surface area contributed by atoms with Crippen LogP contribution in [-0.2, 0) is 9.59 Å². The second kappa shape index (κ2) is 8.65. The number of pyridine rings is 1. The molecule has 0 aliphatic heterocycles. The number of aromatic nitrogens is 1. The van der Waals surface area contributed by atoms with E-state index in [2.05, 4.69) is 15.6 Å². The van der Waals surface area contributed by atoms with Gasteiger partial charge in [0.05, 0.1) is 11.7 Å². The zero-order valence-electron chi connectivity index (χ0n) is 14.0. The SMILES string of the molecule is CCC(=O)NCC1CCC([C@@H](NC(C)=O)c2ccccn2)CC1. The average molecular weight is 317 g/mol. The van der Waals surface area contributed by atoms with E-state index in [0.29, 0.717) is 18.3 Å². The molecule has 1 aromatic heterocycles. The van der Waals surface area contributed by atoms with Gasteiger partial charge in [0.2, 0.25) is 11.8 Å². The third kappa shape index (κ3) is 5.34. The van der Waals surface area contributed by atoms with Crippen LogP contribution >= 0.6 is 0 Å². The first-order chi connectivity index (χ1) is 11.1. The van der Waals surface area contributed by atoms with E-state index in [1.165, 1.54) is 0 Å². The lowest BCUT2D eigenvalue weighted by molar-refractivity contribution is -0.121. The summed E-state index contributed by atoms with van der Waals surface area (Å²) in [6.07, 6.45) is 6.58. The topological polar surface area (TPSA) is 71.1 Å². The quantitative estimate of drug-likeness (QED) is 0.847. The fourth-order valence-electron chi connectivity index (χ4n) is 3.32. The molecule has 0 unspecified atom stereocenters. The minimum absolute atomic E-state index is 0.0140. The number of hydrogen-bond donors (Lipinski definition) is 2. The molecule has 2 amide bonds. The highest BCUT2D eigenvalue weighted by atomic mass is 16.2. The van der Waals surface area contributed by atoms with Gasteiger partial charge in [0, 0.05) is 26.1 Å². The maximum atomic E-state index is 11.6. The summed E-state index contributed by atoms with van der Waals surface area (Å²) in [5.41, 5.74) is 0.936. The van der Waals surface area contributed by atoms with Crippen LogP contribution in [0.1, 0.15) is 57.7 Å². The van der Waals surface area contributed by atoms with Crippen LogP contribution in [0.15, 0.2) is 24.4 Å². The van der Waals surface area contributed by atoms with Crippen molar-refractivity contribution in [3.8, 4) is 0 Å². The maximum absolute atomic E-state index is 11.6. The summed E-state index contributed by atoms with van der Waals surface area (Å²) < 4.78 is 0. The number of carbonyl (C=O) groups is 2. The second-order valence-corrected chi connectivity index (χ2v) is 6.37. The van der Waals surface area contributed by atoms with Gasteiger partial charge < -0.3 is 10.6 Å². The monoisotopic (exact) mass is 317 g/mol. The average Bonchev–Trinajstić information content (AvgIpc) is 2.58. The summed E-state index contributed by atoms with van der Waals surface area (Å²) in [5, 5.41) is 6.06. The molecule has 2 rings (SSSR count). The minimum atomic E-state index is -0.0158. The van der Waals surface area contributed by atoms with Gasteiger partial charge in [-0.3, -0.25) is 14.6 Å². The molecule has 5 nitrogen and oxygen atoms in total. The molecule has 1 aliphatic rings. The Morgan fingerprint density at radius 3 is 2.57 bits per heavy atom. The van der Waals surface area contributed by atoms with Crippen LogP contribution in [0.3, 0.4) is 0 Å². The molecule has 5 heteroatoms. The van der Waals surface area contributed by atoms with Crippen LogP contribution in [0, 0.1) is 11.8 Å². The van der Waals surface area contributed by atoms with Crippen molar-refractivity contribution in [1.29, 1.82) is 0 Å². The summed E-state index contributed by atoms with van der Waals surface area (Å²) in [6, 6.07) is 5.82. The van der Waals surface area contributed by atoms with Gasteiger partial charge in [0.15, 0.2) is 0 Å². The Balaban J connectivity index is 1.92. The summed E-state index contributed by atoms with van der Waals surface area (Å²) in [6.45, 7) is 4.20. The van der Waals surface area contributed by atoms with Crippen LogP contribution in [0.4, 0.5) is 0 Å². The first-order valence-corrected chi connectivity index (χ1v) is 8.54. The van der Waals surface area contributed by atoms with Crippen molar-refractivity contribution in [1.82, 2.24) is 15.6 Å². The van der Waals surface area contributed by atoms with E-state index in [1.807, 2.05) is 25.1 Å².